The van der Waals surface area contributed by atoms with Crippen molar-refractivity contribution >= 4 is 12.0 Å². The zero-order chi connectivity index (χ0) is 11.7. The van der Waals surface area contributed by atoms with Crippen LogP contribution < -0.4 is 15.7 Å². The SMILES string of the molecule is O=c1[nH]ncn1N1CN(c2ccccc2)C=N1. The first-order valence-corrected chi connectivity index (χ1v) is 5.10. The highest BCUT2D eigenvalue weighted by atomic mass is 16.2. The molecule has 0 saturated heterocycles. The van der Waals surface area contributed by atoms with Crippen molar-refractivity contribution in [1.82, 2.24) is 14.9 Å². The largest absolute Gasteiger partial charge is 0.363 e. The number of nitrogens with one attached hydrogen (secondary N) is 1. The third kappa shape index (κ3) is 1.67. The van der Waals surface area contributed by atoms with Crippen LogP contribution in [0.5, 0.6) is 0 Å². The van der Waals surface area contributed by atoms with Crippen LogP contribution in [0, 0.1) is 0 Å². The average molecular weight is 230 g/mol. The number of anilines is 1. The Labute approximate surface area is 96.6 Å². The average Bonchev–Trinajstić information content (AvgIpc) is 2.98. The summed E-state index contributed by atoms with van der Waals surface area (Å²) in [4.78, 5) is 13.3. The molecule has 1 aromatic carbocycles. The van der Waals surface area contributed by atoms with Crippen LogP contribution in [0.2, 0.25) is 0 Å². The van der Waals surface area contributed by atoms with E-state index in [1.807, 2.05) is 35.2 Å². The molecule has 2 aromatic rings. The molecule has 17 heavy (non-hydrogen) atoms. The van der Waals surface area contributed by atoms with Gasteiger partial charge < -0.3 is 4.90 Å². The topological polar surface area (TPSA) is 69.5 Å². The van der Waals surface area contributed by atoms with Crippen LogP contribution in [0.3, 0.4) is 0 Å². The van der Waals surface area contributed by atoms with Crippen molar-refractivity contribution in [2.24, 2.45) is 5.10 Å². The Morgan fingerprint density at radius 3 is 2.76 bits per heavy atom. The maximum absolute atomic E-state index is 11.4. The van der Waals surface area contributed by atoms with Crippen LogP contribution in [-0.2, 0) is 0 Å². The lowest BCUT2D eigenvalue weighted by Crippen LogP contribution is -2.38. The van der Waals surface area contributed by atoms with Gasteiger partial charge >= 0.3 is 5.69 Å². The van der Waals surface area contributed by atoms with Gasteiger partial charge in [-0.2, -0.15) is 14.9 Å². The zero-order valence-electron chi connectivity index (χ0n) is 8.89. The molecule has 1 aliphatic heterocycles. The Morgan fingerprint density at radius 1 is 1.24 bits per heavy atom. The smallest absolute Gasteiger partial charge is 0.309 e. The fraction of sp³-hybridized carbons (Fsp3) is 0.100. The van der Waals surface area contributed by atoms with Crippen molar-refractivity contribution < 1.29 is 0 Å². The molecule has 7 nitrogen and oxygen atoms in total. The monoisotopic (exact) mass is 230 g/mol. The number of H-pyrrole nitrogens is 1. The molecule has 7 heteroatoms. The molecule has 1 aromatic heterocycles. The van der Waals surface area contributed by atoms with Crippen LogP contribution in [0.25, 0.3) is 0 Å². The molecule has 0 radical (unpaired) electrons. The molecule has 2 heterocycles. The molecule has 86 valence electrons. The van der Waals surface area contributed by atoms with E-state index in [1.165, 1.54) is 16.1 Å². The van der Waals surface area contributed by atoms with Crippen LogP contribution in [0.15, 0.2) is 46.6 Å². The van der Waals surface area contributed by atoms with E-state index in [0.29, 0.717) is 6.67 Å². The van der Waals surface area contributed by atoms with Crippen molar-refractivity contribution in [2.45, 2.75) is 0 Å². The second-order valence-corrected chi connectivity index (χ2v) is 3.56. The zero-order valence-corrected chi connectivity index (χ0v) is 8.89. The van der Waals surface area contributed by atoms with Crippen LogP contribution >= 0.6 is 0 Å². The van der Waals surface area contributed by atoms with E-state index in [9.17, 15) is 4.79 Å². The van der Waals surface area contributed by atoms with E-state index >= 15 is 0 Å². The van der Waals surface area contributed by atoms with Crippen LogP contribution in [0.1, 0.15) is 0 Å². The van der Waals surface area contributed by atoms with Gasteiger partial charge in [0.1, 0.15) is 19.3 Å². The maximum Gasteiger partial charge on any atom is 0.363 e. The summed E-state index contributed by atoms with van der Waals surface area (Å²) in [5.41, 5.74) is 0.715. The highest BCUT2D eigenvalue weighted by Crippen LogP contribution is 2.14. The Kier molecular flexibility index (Phi) is 2.14. The highest BCUT2D eigenvalue weighted by Gasteiger charge is 2.17. The molecule has 0 atom stereocenters. The maximum atomic E-state index is 11.4. The van der Waals surface area contributed by atoms with E-state index in [-0.39, 0.29) is 5.69 Å². The molecule has 0 amide bonds. The summed E-state index contributed by atoms with van der Waals surface area (Å²) in [6, 6.07) is 9.82. The van der Waals surface area contributed by atoms with E-state index < -0.39 is 0 Å². The van der Waals surface area contributed by atoms with Gasteiger partial charge in [0.05, 0.1) is 0 Å². The Bertz CT molecular complexity index is 586. The van der Waals surface area contributed by atoms with Crippen molar-refractivity contribution in [1.29, 1.82) is 0 Å². The summed E-state index contributed by atoms with van der Waals surface area (Å²) in [6.07, 6.45) is 3.07. The number of hydrogen-bond acceptors (Lipinski definition) is 5. The standard InChI is InChI=1S/C10H10N6O/c17-10-13-11-6-15(10)16-8-14(7-12-16)9-4-2-1-3-5-9/h1-7H,8H2,(H,13,17). The van der Waals surface area contributed by atoms with E-state index in [2.05, 4.69) is 15.3 Å². The number of rotatable bonds is 2. The molecule has 0 spiro atoms. The second kappa shape index (κ2) is 3.78. The Morgan fingerprint density at radius 2 is 2.06 bits per heavy atom. The fourth-order valence-corrected chi connectivity index (χ4v) is 1.63. The molecular weight excluding hydrogens is 220 g/mol. The third-order valence-corrected chi connectivity index (χ3v) is 2.48. The van der Waals surface area contributed by atoms with Gasteiger partial charge in [-0.05, 0) is 12.1 Å². The van der Waals surface area contributed by atoms with Gasteiger partial charge in [0.15, 0.2) is 0 Å². The first kappa shape index (κ1) is 9.64. The van der Waals surface area contributed by atoms with E-state index in [4.69, 9.17) is 0 Å². The van der Waals surface area contributed by atoms with Crippen molar-refractivity contribution in [3.05, 3.63) is 47.1 Å². The van der Waals surface area contributed by atoms with Crippen molar-refractivity contribution in [3.8, 4) is 0 Å². The van der Waals surface area contributed by atoms with E-state index in [1.54, 1.807) is 6.34 Å². The van der Waals surface area contributed by atoms with Gasteiger partial charge in [0.2, 0.25) is 0 Å². The first-order chi connectivity index (χ1) is 8.34. The lowest BCUT2D eigenvalue weighted by molar-refractivity contribution is 0.621. The number of hydrazone groups is 1. The number of para-hydroxylation sites is 1. The van der Waals surface area contributed by atoms with Crippen LogP contribution in [0.4, 0.5) is 5.69 Å². The Hall–Kier alpha value is -2.57. The Balaban J connectivity index is 1.82. The summed E-state index contributed by atoms with van der Waals surface area (Å²) in [5.74, 6) is 0. The number of aromatic nitrogens is 3. The summed E-state index contributed by atoms with van der Waals surface area (Å²) in [5, 5.41) is 11.6. The van der Waals surface area contributed by atoms with Gasteiger partial charge in [-0.1, -0.05) is 18.2 Å². The minimum Gasteiger partial charge on any atom is -0.309 e. The predicted molar refractivity (Wildman–Crippen MR) is 63.3 cm³/mol. The minimum absolute atomic E-state index is 0.308. The normalized spacial score (nSPS) is 14.6. The van der Waals surface area contributed by atoms with Gasteiger partial charge in [-0.25, -0.2) is 9.89 Å². The van der Waals surface area contributed by atoms with Gasteiger partial charge in [-0.15, -0.1) is 5.10 Å². The first-order valence-electron chi connectivity index (χ1n) is 5.10. The molecule has 0 fully saturated rings. The summed E-state index contributed by atoms with van der Waals surface area (Å²) in [7, 11) is 0. The van der Waals surface area contributed by atoms with E-state index in [0.717, 1.165) is 5.69 Å². The summed E-state index contributed by atoms with van der Waals surface area (Å²) >= 11 is 0. The number of hydrogen-bond donors (Lipinski definition) is 1. The molecule has 0 unspecified atom stereocenters. The number of aromatic amines is 1. The molecule has 0 aliphatic carbocycles. The van der Waals surface area contributed by atoms with Gasteiger partial charge in [-0.3, -0.25) is 0 Å². The fourth-order valence-electron chi connectivity index (χ4n) is 1.63. The summed E-state index contributed by atoms with van der Waals surface area (Å²) < 4.78 is 1.32. The molecular formula is C10H10N6O. The molecule has 1 aliphatic rings. The highest BCUT2D eigenvalue weighted by molar-refractivity contribution is 5.81. The lowest BCUT2D eigenvalue weighted by Gasteiger charge is -2.17. The molecule has 0 saturated carbocycles. The van der Waals surface area contributed by atoms with Gasteiger partial charge in [0.25, 0.3) is 0 Å². The number of benzene rings is 1. The molecule has 3 rings (SSSR count). The minimum atomic E-state index is -0.308. The quantitative estimate of drug-likeness (QED) is 0.784. The molecule has 0 bridgehead atoms. The van der Waals surface area contributed by atoms with Crippen molar-refractivity contribution in [3.63, 3.8) is 0 Å². The van der Waals surface area contributed by atoms with Crippen molar-refractivity contribution in [2.75, 3.05) is 16.7 Å². The van der Waals surface area contributed by atoms with Gasteiger partial charge in [0, 0.05) is 5.69 Å². The number of nitrogens with zero attached hydrogens (tertiary/aromatic N) is 5. The lowest BCUT2D eigenvalue weighted by atomic mass is 10.3. The molecule has 1 N–H and O–H groups in total. The van der Waals surface area contributed by atoms with Crippen LogP contribution in [-0.4, -0.2) is 27.9 Å². The third-order valence-electron chi connectivity index (χ3n) is 2.48. The predicted octanol–water partition coefficient (Wildman–Crippen LogP) is -0.0696. The second-order valence-electron chi connectivity index (χ2n) is 3.56. The summed E-state index contributed by atoms with van der Waals surface area (Å²) in [6.45, 7) is 0.476.